The Bertz CT molecular complexity index is 281. The third kappa shape index (κ3) is 3.20. The molecule has 0 aromatic rings. The number of alkyl halides is 1. The minimum absolute atomic E-state index is 0.0703. The maximum atomic E-state index is 12.0. The molecule has 1 aliphatic heterocycles. The summed E-state index contributed by atoms with van der Waals surface area (Å²) < 4.78 is 0. The van der Waals surface area contributed by atoms with Gasteiger partial charge in [-0.15, -0.1) is 0 Å². The monoisotopic (exact) mass is 290 g/mol. The van der Waals surface area contributed by atoms with Crippen molar-refractivity contribution in [1.29, 1.82) is 0 Å². The average molecular weight is 291 g/mol. The Morgan fingerprint density at radius 2 is 2.06 bits per heavy atom. The van der Waals surface area contributed by atoms with Gasteiger partial charge in [-0.3, -0.25) is 9.59 Å². The smallest absolute Gasteiger partial charge is 0.236 e. The molecule has 1 fully saturated rings. The fraction of sp³-hybridized carbons (Fsp3) is 0.818. The lowest BCUT2D eigenvalue weighted by Crippen LogP contribution is -2.47. The van der Waals surface area contributed by atoms with Crippen molar-refractivity contribution in [2.75, 3.05) is 13.1 Å². The second kappa shape index (κ2) is 5.66. The molecule has 0 saturated carbocycles. The molecule has 2 N–H and O–H groups in total. The third-order valence-corrected chi connectivity index (χ3v) is 4.41. The number of amides is 2. The van der Waals surface area contributed by atoms with Gasteiger partial charge in [-0.05, 0) is 18.8 Å². The Hall–Kier alpha value is -0.580. The van der Waals surface area contributed by atoms with E-state index in [1.54, 1.807) is 4.90 Å². The summed E-state index contributed by atoms with van der Waals surface area (Å²) in [6.45, 7) is 5.19. The van der Waals surface area contributed by atoms with Crippen LogP contribution in [-0.4, -0.2) is 34.6 Å². The van der Waals surface area contributed by atoms with E-state index >= 15 is 0 Å². The molecular formula is C11H19BrN2O2. The number of likely N-dealkylation sites (tertiary alicyclic amines) is 1. The lowest BCUT2D eigenvalue weighted by atomic mass is 9.96. The molecule has 0 bridgehead atoms. The van der Waals surface area contributed by atoms with Crippen LogP contribution in [0, 0.1) is 11.8 Å². The number of carbonyl (C=O) groups is 2. The Morgan fingerprint density at radius 3 is 2.56 bits per heavy atom. The number of nitrogens with two attached hydrogens (primary N) is 1. The zero-order valence-corrected chi connectivity index (χ0v) is 11.4. The molecule has 1 aliphatic rings. The van der Waals surface area contributed by atoms with Crippen molar-refractivity contribution in [3.8, 4) is 0 Å². The number of nitrogens with zero attached hydrogens (tertiary/aromatic N) is 1. The van der Waals surface area contributed by atoms with Gasteiger partial charge in [0.25, 0.3) is 0 Å². The second-order valence-corrected chi connectivity index (χ2v) is 5.66. The second-order valence-electron chi connectivity index (χ2n) is 4.67. The van der Waals surface area contributed by atoms with Gasteiger partial charge in [0.05, 0.1) is 10.7 Å². The summed E-state index contributed by atoms with van der Waals surface area (Å²) in [7, 11) is 0. The first-order valence-corrected chi connectivity index (χ1v) is 6.57. The highest BCUT2D eigenvalue weighted by molar-refractivity contribution is 9.10. The van der Waals surface area contributed by atoms with Crippen molar-refractivity contribution < 1.29 is 9.59 Å². The zero-order chi connectivity index (χ0) is 12.3. The Balaban J connectivity index is 2.60. The fourth-order valence-electron chi connectivity index (χ4n) is 1.87. The van der Waals surface area contributed by atoms with Gasteiger partial charge in [0.2, 0.25) is 11.8 Å². The van der Waals surface area contributed by atoms with Gasteiger partial charge in [-0.1, -0.05) is 29.8 Å². The molecule has 92 valence electrons. The number of hydrogen-bond donors (Lipinski definition) is 1. The molecule has 1 saturated heterocycles. The molecule has 0 aliphatic carbocycles. The van der Waals surface area contributed by atoms with Crippen LogP contribution < -0.4 is 5.73 Å². The molecule has 2 atom stereocenters. The average Bonchev–Trinajstić information content (AvgIpc) is 2.27. The maximum absolute atomic E-state index is 12.0. The summed E-state index contributed by atoms with van der Waals surface area (Å²) in [5, 5.41) is 0. The van der Waals surface area contributed by atoms with E-state index in [9.17, 15) is 9.59 Å². The quantitative estimate of drug-likeness (QED) is 0.792. The van der Waals surface area contributed by atoms with Gasteiger partial charge < -0.3 is 10.6 Å². The lowest BCUT2D eigenvalue weighted by Gasteiger charge is -2.33. The van der Waals surface area contributed by atoms with Gasteiger partial charge >= 0.3 is 0 Å². The van der Waals surface area contributed by atoms with E-state index in [-0.39, 0.29) is 28.5 Å². The Kier molecular flexibility index (Phi) is 4.77. The van der Waals surface area contributed by atoms with Crippen molar-refractivity contribution in [1.82, 2.24) is 4.90 Å². The highest BCUT2D eigenvalue weighted by atomic mass is 79.9. The first kappa shape index (κ1) is 13.5. The molecule has 1 rings (SSSR count). The minimum atomic E-state index is -0.298. The van der Waals surface area contributed by atoms with E-state index in [0.717, 1.165) is 19.4 Å². The van der Waals surface area contributed by atoms with Crippen molar-refractivity contribution in [2.24, 2.45) is 17.6 Å². The number of halogens is 1. The summed E-state index contributed by atoms with van der Waals surface area (Å²) in [5.74, 6) is -0.153. The van der Waals surface area contributed by atoms with E-state index in [1.807, 2.05) is 13.8 Å². The predicted molar refractivity (Wildman–Crippen MR) is 66.1 cm³/mol. The molecular weight excluding hydrogens is 272 g/mol. The summed E-state index contributed by atoms with van der Waals surface area (Å²) >= 11 is 3.39. The van der Waals surface area contributed by atoms with Crippen LogP contribution in [0.25, 0.3) is 0 Å². The van der Waals surface area contributed by atoms with Crippen molar-refractivity contribution >= 4 is 27.7 Å². The van der Waals surface area contributed by atoms with Crippen molar-refractivity contribution in [3.63, 3.8) is 0 Å². The summed E-state index contributed by atoms with van der Waals surface area (Å²) in [6.07, 6.45) is 1.66. The molecule has 16 heavy (non-hydrogen) atoms. The van der Waals surface area contributed by atoms with Crippen LogP contribution >= 0.6 is 15.9 Å². The molecule has 1 heterocycles. The zero-order valence-electron chi connectivity index (χ0n) is 9.78. The van der Waals surface area contributed by atoms with Gasteiger partial charge in [0.15, 0.2) is 0 Å². The fourth-order valence-corrected chi connectivity index (χ4v) is 2.16. The number of piperidine rings is 1. The van der Waals surface area contributed by atoms with Gasteiger partial charge in [-0.25, -0.2) is 0 Å². The van der Waals surface area contributed by atoms with Crippen LogP contribution in [-0.2, 0) is 9.59 Å². The molecule has 0 radical (unpaired) electrons. The summed E-state index contributed by atoms with van der Waals surface area (Å²) in [6, 6.07) is 0. The normalized spacial score (nSPS) is 23.2. The summed E-state index contributed by atoms with van der Waals surface area (Å²) in [4.78, 5) is 24.7. The third-order valence-electron chi connectivity index (χ3n) is 2.96. The number of hydrogen-bond acceptors (Lipinski definition) is 2. The topological polar surface area (TPSA) is 63.4 Å². The van der Waals surface area contributed by atoms with E-state index in [0.29, 0.717) is 6.54 Å². The molecule has 5 heteroatoms. The van der Waals surface area contributed by atoms with Gasteiger partial charge in [0.1, 0.15) is 0 Å². The predicted octanol–water partition coefficient (Wildman–Crippen LogP) is 1.13. The molecule has 0 aromatic carbocycles. The standard InChI is InChI=1S/C11H19BrN2O2/c1-7(2)9(12)11(16)14-5-3-4-8(6-14)10(13)15/h7-9H,3-6H2,1-2H3,(H2,13,15). The van der Waals surface area contributed by atoms with Crippen LogP contribution in [0.3, 0.4) is 0 Å². The Labute approximate surface area is 105 Å². The minimum Gasteiger partial charge on any atom is -0.369 e. The van der Waals surface area contributed by atoms with E-state index < -0.39 is 0 Å². The van der Waals surface area contributed by atoms with Crippen LogP contribution in [0.5, 0.6) is 0 Å². The summed E-state index contributed by atoms with van der Waals surface area (Å²) in [5.41, 5.74) is 5.28. The van der Waals surface area contributed by atoms with Crippen molar-refractivity contribution in [2.45, 2.75) is 31.5 Å². The molecule has 0 aromatic heterocycles. The van der Waals surface area contributed by atoms with Crippen LogP contribution in [0.1, 0.15) is 26.7 Å². The Morgan fingerprint density at radius 1 is 1.44 bits per heavy atom. The van der Waals surface area contributed by atoms with E-state index in [4.69, 9.17) is 5.73 Å². The molecule has 2 amide bonds. The SMILES string of the molecule is CC(C)C(Br)C(=O)N1CCCC(C(N)=O)C1. The molecule has 0 spiro atoms. The highest BCUT2D eigenvalue weighted by Gasteiger charge is 2.30. The first-order chi connectivity index (χ1) is 7.43. The van der Waals surface area contributed by atoms with Crippen LogP contribution in [0.2, 0.25) is 0 Å². The van der Waals surface area contributed by atoms with Crippen LogP contribution in [0.4, 0.5) is 0 Å². The van der Waals surface area contributed by atoms with Gasteiger partial charge in [0, 0.05) is 13.1 Å². The molecule has 4 nitrogen and oxygen atoms in total. The van der Waals surface area contributed by atoms with Crippen molar-refractivity contribution in [3.05, 3.63) is 0 Å². The maximum Gasteiger partial charge on any atom is 0.236 e. The van der Waals surface area contributed by atoms with E-state index in [2.05, 4.69) is 15.9 Å². The number of carbonyl (C=O) groups excluding carboxylic acids is 2. The van der Waals surface area contributed by atoms with Gasteiger partial charge in [-0.2, -0.15) is 0 Å². The number of primary amides is 1. The first-order valence-electron chi connectivity index (χ1n) is 5.65. The van der Waals surface area contributed by atoms with E-state index in [1.165, 1.54) is 0 Å². The van der Waals surface area contributed by atoms with Crippen LogP contribution in [0.15, 0.2) is 0 Å². The lowest BCUT2D eigenvalue weighted by molar-refractivity contribution is -0.134. The molecule has 2 unspecified atom stereocenters. The largest absolute Gasteiger partial charge is 0.369 e. The number of rotatable bonds is 3. The highest BCUT2D eigenvalue weighted by Crippen LogP contribution is 2.21.